The second kappa shape index (κ2) is 7.34. The molecule has 0 aliphatic carbocycles. The van der Waals surface area contributed by atoms with Gasteiger partial charge in [0.1, 0.15) is 5.54 Å². The summed E-state index contributed by atoms with van der Waals surface area (Å²) in [5.41, 5.74) is 4.03. The average molecular weight is 396 g/mol. The van der Waals surface area contributed by atoms with Crippen LogP contribution < -0.4 is 10.7 Å². The van der Waals surface area contributed by atoms with E-state index in [2.05, 4.69) is 10.7 Å². The average Bonchev–Trinajstić information content (AvgIpc) is 2.89. The van der Waals surface area contributed by atoms with Gasteiger partial charge in [-0.3, -0.25) is 25.1 Å². The molecule has 0 radical (unpaired) electrons. The number of nitrogens with one attached hydrogen (secondary N) is 2. The molecule has 1 aliphatic heterocycles. The van der Waals surface area contributed by atoms with Crippen LogP contribution >= 0.6 is 0 Å². The number of carbonyl (C=O) groups is 3. The molecule has 3 rings (SSSR count). The first-order valence-electron chi connectivity index (χ1n) is 8.89. The number of urea groups is 1. The Morgan fingerprint density at radius 2 is 1.79 bits per heavy atom. The quantitative estimate of drug-likeness (QED) is 0.456. The number of aryl methyl sites for hydroxylation is 2. The molecular weight excluding hydrogens is 376 g/mol. The van der Waals surface area contributed by atoms with Crippen molar-refractivity contribution < 1.29 is 19.3 Å². The molecule has 1 aliphatic rings. The van der Waals surface area contributed by atoms with Gasteiger partial charge in [-0.1, -0.05) is 18.2 Å². The molecule has 1 heterocycles. The Labute approximate surface area is 166 Å². The predicted molar refractivity (Wildman–Crippen MR) is 104 cm³/mol. The largest absolute Gasteiger partial charge is 0.344 e. The van der Waals surface area contributed by atoms with Gasteiger partial charge in [0.25, 0.3) is 11.6 Å². The van der Waals surface area contributed by atoms with Crippen LogP contribution in [-0.4, -0.2) is 27.8 Å². The molecule has 1 atom stereocenters. The summed E-state index contributed by atoms with van der Waals surface area (Å²) in [5, 5.41) is 14.0. The van der Waals surface area contributed by atoms with E-state index >= 15 is 0 Å². The third-order valence-electron chi connectivity index (χ3n) is 5.02. The van der Waals surface area contributed by atoms with Crippen molar-refractivity contribution in [1.82, 2.24) is 15.8 Å². The monoisotopic (exact) mass is 396 g/mol. The van der Waals surface area contributed by atoms with Crippen LogP contribution in [-0.2, 0) is 21.5 Å². The van der Waals surface area contributed by atoms with Crippen molar-refractivity contribution in [3.05, 3.63) is 74.8 Å². The van der Waals surface area contributed by atoms with Crippen LogP contribution in [0.1, 0.15) is 29.2 Å². The van der Waals surface area contributed by atoms with Crippen LogP contribution in [0.15, 0.2) is 42.5 Å². The Morgan fingerprint density at radius 1 is 1.14 bits per heavy atom. The molecule has 2 aromatic carbocycles. The van der Waals surface area contributed by atoms with Gasteiger partial charge in [-0.15, -0.1) is 0 Å². The lowest BCUT2D eigenvalue weighted by atomic mass is 9.92. The lowest BCUT2D eigenvalue weighted by molar-refractivity contribution is -0.384. The van der Waals surface area contributed by atoms with Gasteiger partial charge in [0, 0.05) is 12.1 Å². The summed E-state index contributed by atoms with van der Waals surface area (Å²) in [7, 11) is 0. The van der Waals surface area contributed by atoms with Crippen molar-refractivity contribution in [2.45, 2.75) is 32.7 Å². The fourth-order valence-corrected chi connectivity index (χ4v) is 3.12. The van der Waals surface area contributed by atoms with Gasteiger partial charge in [-0.05, 0) is 55.2 Å². The summed E-state index contributed by atoms with van der Waals surface area (Å²) >= 11 is 0. The maximum Gasteiger partial charge on any atom is 0.344 e. The molecule has 0 unspecified atom stereocenters. The number of benzene rings is 2. The normalized spacial score (nSPS) is 18.5. The van der Waals surface area contributed by atoms with Crippen LogP contribution in [0.3, 0.4) is 0 Å². The number of hydrogen-bond donors (Lipinski definition) is 2. The third kappa shape index (κ3) is 3.79. The maximum atomic E-state index is 12.8. The molecule has 1 fully saturated rings. The van der Waals surface area contributed by atoms with Crippen LogP contribution in [0.2, 0.25) is 0 Å². The first-order chi connectivity index (χ1) is 13.6. The Morgan fingerprint density at radius 3 is 2.38 bits per heavy atom. The van der Waals surface area contributed by atoms with E-state index in [9.17, 15) is 24.5 Å². The summed E-state index contributed by atoms with van der Waals surface area (Å²) in [5.74, 6) is -1.19. The molecule has 150 valence electrons. The minimum atomic E-state index is -1.44. The summed E-state index contributed by atoms with van der Waals surface area (Å²) < 4.78 is 0. The molecule has 0 saturated carbocycles. The second-order valence-corrected chi connectivity index (χ2v) is 7.13. The van der Waals surface area contributed by atoms with Gasteiger partial charge in [0.2, 0.25) is 5.91 Å². The Hall–Kier alpha value is -3.75. The van der Waals surface area contributed by atoms with E-state index in [0.29, 0.717) is 10.6 Å². The first kappa shape index (κ1) is 20.0. The number of nitro benzene ring substituents is 1. The summed E-state index contributed by atoms with van der Waals surface area (Å²) in [6.07, 6.45) is 0.00637. The summed E-state index contributed by atoms with van der Waals surface area (Å²) in [4.78, 5) is 47.8. The van der Waals surface area contributed by atoms with E-state index < -0.39 is 28.3 Å². The maximum absolute atomic E-state index is 12.8. The lowest BCUT2D eigenvalue weighted by Crippen LogP contribution is -2.48. The van der Waals surface area contributed by atoms with Crippen molar-refractivity contribution in [1.29, 1.82) is 0 Å². The van der Waals surface area contributed by atoms with Crippen LogP contribution in [0.25, 0.3) is 0 Å². The zero-order valence-corrected chi connectivity index (χ0v) is 16.2. The van der Waals surface area contributed by atoms with Gasteiger partial charge in [-0.2, -0.15) is 5.01 Å². The molecule has 2 aromatic rings. The van der Waals surface area contributed by atoms with Crippen molar-refractivity contribution in [2.75, 3.05) is 0 Å². The number of hydrogen-bond acceptors (Lipinski definition) is 5. The minimum absolute atomic E-state index is 0.00637. The standard InChI is InChI=1S/C20H20N4O5/c1-12-4-5-14(10-13(12)2)11-17(25)22-23-18(26)20(3,21-19(23)27)15-6-8-16(9-7-15)24(28)29/h4-10H,11H2,1-3H3,(H,21,27)(H,22,25)/t20-/m1/s1. The molecule has 0 spiro atoms. The van der Waals surface area contributed by atoms with Crippen molar-refractivity contribution in [3.8, 4) is 0 Å². The van der Waals surface area contributed by atoms with Gasteiger partial charge in [0.05, 0.1) is 11.3 Å². The molecule has 29 heavy (non-hydrogen) atoms. The van der Waals surface area contributed by atoms with Crippen molar-refractivity contribution in [3.63, 3.8) is 0 Å². The molecule has 9 nitrogen and oxygen atoms in total. The van der Waals surface area contributed by atoms with Crippen LogP contribution in [0, 0.1) is 24.0 Å². The molecule has 4 amide bonds. The van der Waals surface area contributed by atoms with Crippen molar-refractivity contribution >= 4 is 23.5 Å². The van der Waals surface area contributed by atoms with Crippen LogP contribution in [0.4, 0.5) is 10.5 Å². The predicted octanol–water partition coefficient (Wildman–Crippen LogP) is 2.25. The number of imide groups is 1. The van der Waals surface area contributed by atoms with E-state index in [0.717, 1.165) is 16.7 Å². The number of non-ortho nitro benzene ring substituents is 1. The number of hydrazine groups is 1. The van der Waals surface area contributed by atoms with E-state index in [1.807, 2.05) is 32.0 Å². The highest BCUT2D eigenvalue weighted by molar-refractivity contribution is 6.08. The topological polar surface area (TPSA) is 122 Å². The number of amides is 4. The zero-order valence-electron chi connectivity index (χ0n) is 16.2. The van der Waals surface area contributed by atoms with Gasteiger partial charge in [0.15, 0.2) is 0 Å². The first-order valence-corrected chi connectivity index (χ1v) is 8.89. The molecule has 2 N–H and O–H groups in total. The summed E-state index contributed by atoms with van der Waals surface area (Å²) in [6, 6.07) is 10.1. The van der Waals surface area contributed by atoms with Crippen LogP contribution in [0.5, 0.6) is 0 Å². The molecule has 0 bridgehead atoms. The molecule has 0 aromatic heterocycles. The van der Waals surface area contributed by atoms with E-state index in [-0.39, 0.29) is 12.1 Å². The molecule has 1 saturated heterocycles. The highest BCUT2D eigenvalue weighted by Gasteiger charge is 2.50. The smallest absolute Gasteiger partial charge is 0.318 e. The number of nitro groups is 1. The zero-order chi connectivity index (χ0) is 21.3. The molecular formula is C20H20N4O5. The Bertz CT molecular complexity index is 1020. The SMILES string of the molecule is Cc1ccc(CC(=O)NN2C(=O)N[C@](C)(c3ccc([N+](=O)[O-])cc3)C2=O)cc1C. The van der Waals surface area contributed by atoms with Gasteiger partial charge in [-0.25, -0.2) is 4.79 Å². The minimum Gasteiger partial charge on any atom is -0.318 e. The Balaban J connectivity index is 1.74. The molecule has 9 heteroatoms. The lowest BCUT2D eigenvalue weighted by Gasteiger charge is -2.22. The van der Waals surface area contributed by atoms with Gasteiger partial charge < -0.3 is 5.32 Å². The van der Waals surface area contributed by atoms with E-state index in [4.69, 9.17) is 0 Å². The third-order valence-corrected chi connectivity index (χ3v) is 5.02. The van der Waals surface area contributed by atoms with Crippen molar-refractivity contribution in [2.24, 2.45) is 0 Å². The fraction of sp³-hybridized carbons (Fsp3) is 0.250. The second-order valence-electron chi connectivity index (χ2n) is 7.13. The number of carbonyl (C=O) groups excluding carboxylic acids is 3. The highest BCUT2D eigenvalue weighted by atomic mass is 16.6. The van der Waals surface area contributed by atoms with E-state index in [1.165, 1.54) is 31.2 Å². The highest BCUT2D eigenvalue weighted by Crippen LogP contribution is 2.29. The number of nitrogens with zero attached hydrogens (tertiary/aromatic N) is 2. The van der Waals surface area contributed by atoms with E-state index in [1.54, 1.807) is 0 Å². The summed E-state index contributed by atoms with van der Waals surface area (Å²) in [6.45, 7) is 5.37. The Kier molecular flexibility index (Phi) is 5.06. The fourth-order valence-electron chi connectivity index (χ4n) is 3.12. The number of rotatable bonds is 5. The van der Waals surface area contributed by atoms with Gasteiger partial charge >= 0.3 is 6.03 Å².